The highest BCUT2D eigenvalue weighted by Gasteiger charge is 2.48. The van der Waals surface area contributed by atoms with Crippen molar-refractivity contribution >= 4 is 27.3 Å². The summed E-state index contributed by atoms with van der Waals surface area (Å²) in [7, 11) is -4.64. The quantitative estimate of drug-likeness (QED) is 0.577. The molecule has 0 aliphatic heterocycles. The van der Waals surface area contributed by atoms with Gasteiger partial charge in [-0.05, 0) is 62.1 Å². The fraction of sp³-hybridized carbons (Fsp3) is 0.350. The molecule has 1 aliphatic rings. The Labute approximate surface area is 185 Å². The van der Waals surface area contributed by atoms with Gasteiger partial charge in [0.2, 0.25) is 14.8 Å². The first kappa shape index (κ1) is 24.2. The number of halogens is 6. The predicted octanol–water partition coefficient (Wildman–Crippen LogP) is 5.19. The Morgan fingerprint density at radius 3 is 2.38 bits per heavy atom. The summed E-state index contributed by atoms with van der Waals surface area (Å²) in [4.78, 5) is 11.7. The Morgan fingerprint density at radius 1 is 1.12 bits per heavy atom. The van der Waals surface area contributed by atoms with Crippen LogP contribution in [0.3, 0.4) is 0 Å². The van der Waals surface area contributed by atoms with E-state index < -0.39 is 62.5 Å². The van der Waals surface area contributed by atoms with Crippen LogP contribution in [0.4, 0.5) is 22.0 Å². The summed E-state index contributed by atoms with van der Waals surface area (Å²) >= 11 is 5.65. The summed E-state index contributed by atoms with van der Waals surface area (Å²) in [5, 5.41) is -0.342. The lowest BCUT2D eigenvalue weighted by molar-refractivity contribution is -0.274. The fourth-order valence-corrected chi connectivity index (χ4v) is 5.32. The van der Waals surface area contributed by atoms with E-state index in [0.29, 0.717) is 6.07 Å². The molecule has 0 saturated heterocycles. The van der Waals surface area contributed by atoms with Gasteiger partial charge in [0.15, 0.2) is 0 Å². The number of nitrogens with one attached hydrogen (secondary N) is 1. The fourth-order valence-electron chi connectivity index (χ4n) is 3.42. The van der Waals surface area contributed by atoms with Crippen molar-refractivity contribution in [3.05, 3.63) is 58.9 Å². The van der Waals surface area contributed by atoms with Gasteiger partial charge in [0.1, 0.15) is 11.6 Å². The molecule has 12 heteroatoms. The lowest BCUT2D eigenvalue weighted by Crippen LogP contribution is -2.45. The standard InChI is InChI=1S/C20H17ClF5NO4S/c21-16-10-12(4-5-17(16)22)18(28)27-13-6-8-19(23,9-7-13)32(29,30)15-3-1-2-14(11-15)31-20(24,25)26/h1-5,10-11,13H,6-9H2,(H,27,28). The third kappa shape index (κ3) is 5.32. The molecule has 1 N–H and O–H groups in total. The minimum Gasteiger partial charge on any atom is -0.406 e. The maximum Gasteiger partial charge on any atom is 0.573 e. The summed E-state index contributed by atoms with van der Waals surface area (Å²) in [6.45, 7) is 0. The lowest BCUT2D eigenvalue weighted by Gasteiger charge is -2.33. The number of alkyl halides is 4. The van der Waals surface area contributed by atoms with E-state index >= 15 is 4.39 Å². The number of carbonyl (C=O) groups excluding carboxylic acids is 1. The van der Waals surface area contributed by atoms with Crippen LogP contribution in [0.5, 0.6) is 5.75 Å². The predicted molar refractivity (Wildman–Crippen MR) is 105 cm³/mol. The minimum absolute atomic E-state index is 0.0326. The Hall–Kier alpha value is -2.40. The molecule has 0 heterocycles. The maximum atomic E-state index is 15.4. The van der Waals surface area contributed by atoms with Gasteiger partial charge in [-0.15, -0.1) is 13.2 Å². The van der Waals surface area contributed by atoms with E-state index in [1.807, 2.05) is 0 Å². The van der Waals surface area contributed by atoms with Crippen LogP contribution < -0.4 is 10.1 Å². The van der Waals surface area contributed by atoms with E-state index in [0.717, 1.165) is 30.3 Å². The molecule has 2 aromatic carbocycles. The zero-order valence-electron chi connectivity index (χ0n) is 16.3. The van der Waals surface area contributed by atoms with E-state index in [1.54, 1.807) is 0 Å². The van der Waals surface area contributed by atoms with Crippen LogP contribution in [0.25, 0.3) is 0 Å². The van der Waals surface area contributed by atoms with Crippen molar-refractivity contribution in [3.8, 4) is 5.75 Å². The van der Waals surface area contributed by atoms with Crippen molar-refractivity contribution in [3.63, 3.8) is 0 Å². The number of sulfone groups is 1. The summed E-state index contributed by atoms with van der Waals surface area (Å²) in [6, 6.07) is 6.37. The second-order valence-corrected chi connectivity index (χ2v) is 9.90. The number of hydrogen-bond acceptors (Lipinski definition) is 4. The SMILES string of the molecule is O=C(NC1CCC(F)(S(=O)(=O)c2cccc(OC(F)(F)F)c2)CC1)c1ccc(F)c(Cl)c1. The normalized spacial score (nSPS) is 21.8. The smallest absolute Gasteiger partial charge is 0.406 e. The molecule has 0 atom stereocenters. The summed E-state index contributed by atoms with van der Waals surface area (Å²) in [5.74, 6) is -2.05. The molecule has 174 valence electrons. The van der Waals surface area contributed by atoms with Gasteiger partial charge >= 0.3 is 6.36 Å². The number of benzene rings is 2. The number of ether oxygens (including phenoxy) is 1. The van der Waals surface area contributed by atoms with Gasteiger partial charge in [0, 0.05) is 11.6 Å². The van der Waals surface area contributed by atoms with Gasteiger partial charge in [-0.25, -0.2) is 17.2 Å². The molecule has 32 heavy (non-hydrogen) atoms. The molecule has 0 bridgehead atoms. The van der Waals surface area contributed by atoms with Crippen molar-refractivity contribution in [2.45, 2.75) is 48.0 Å². The van der Waals surface area contributed by atoms with Gasteiger partial charge in [-0.2, -0.15) is 0 Å². The van der Waals surface area contributed by atoms with Gasteiger partial charge < -0.3 is 10.1 Å². The lowest BCUT2D eigenvalue weighted by atomic mass is 9.93. The van der Waals surface area contributed by atoms with E-state index in [9.17, 15) is 30.8 Å². The van der Waals surface area contributed by atoms with Gasteiger partial charge in [-0.1, -0.05) is 17.7 Å². The van der Waals surface area contributed by atoms with Crippen molar-refractivity contribution in [2.75, 3.05) is 0 Å². The van der Waals surface area contributed by atoms with Crippen molar-refractivity contribution in [1.82, 2.24) is 5.32 Å². The minimum atomic E-state index is -5.03. The third-order valence-electron chi connectivity index (χ3n) is 5.08. The largest absolute Gasteiger partial charge is 0.573 e. The van der Waals surface area contributed by atoms with Crippen LogP contribution >= 0.6 is 11.6 Å². The van der Waals surface area contributed by atoms with Crippen LogP contribution in [-0.4, -0.2) is 31.7 Å². The molecule has 0 radical (unpaired) electrons. The molecule has 3 rings (SSSR count). The summed E-state index contributed by atoms with van der Waals surface area (Å²) < 4.78 is 95.2. The molecule has 0 unspecified atom stereocenters. The molecular weight excluding hydrogens is 481 g/mol. The molecule has 0 spiro atoms. The first-order valence-corrected chi connectivity index (χ1v) is 11.2. The second-order valence-electron chi connectivity index (χ2n) is 7.29. The summed E-state index contributed by atoms with van der Waals surface area (Å²) in [6.07, 6.45) is -6.05. The average Bonchev–Trinajstić information content (AvgIpc) is 2.70. The summed E-state index contributed by atoms with van der Waals surface area (Å²) in [5.41, 5.74) is 0.0857. The Morgan fingerprint density at radius 2 is 1.78 bits per heavy atom. The van der Waals surface area contributed by atoms with Crippen LogP contribution in [-0.2, 0) is 9.84 Å². The molecule has 1 saturated carbocycles. The van der Waals surface area contributed by atoms with E-state index in [1.165, 1.54) is 6.07 Å². The molecule has 1 fully saturated rings. The van der Waals surface area contributed by atoms with Gasteiger partial charge in [0.25, 0.3) is 5.91 Å². The Balaban J connectivity index is 1.69. The molecule has 0 aromatic heterocycles. The average molecular weight is 498 g/mol. The molecular formula is C20H17ClF5NO4S. The highest BCUT2D eigenvalue weighted by atomic mass is 35.5. The third-order valence-corrected chi connectivity index (χ3v) is 7.62. The van der Waals surface area contributed by atoms with Crippen LogP contribution in [0.15, 0.2) is 47.4 Å². The van der Waals surface area contributed by atoms with Crippen LogP contribution in [0.2, 0.25) is 5.02 Å². The van der Waals surface area contributed by atoms with Crippen molar-refractivity contribution in [2.24, 2.45) is 0 Å². The maximum absolute atomic E-state index is 15.4. The van der Waals surface area contributed by atoms with Crippen LogP contribution in [0, 0.1) is 5.82 Å². The Kier molecular flexibility index (Phi) is 6.71. The number of hydrogen-bond donors (Lipinski definition) is 1. The molecule has 2 aromatic rings. The van der Waals surface area contributed by atoms with E-state index in [-0.39, 0.29) is 23.4 Å². The Bertz CT molecular complexity index is 1120. The molecule has 5 nitrogen and oxygen atoms in total. The zero-order chi connectivity index (χ0) is 23.7. The monoisotopic (exact) mass is 497 g/mol. The number of rotatable bonds is 5. The highest BCUT2D eigenvalue weighted by Crippen LogP contribution is 2.41. The van der Waals surface area contributed by atoms with Gasteiger partial charge in [0.05, 0.1) is 9.92 Å². The number of carbonyl (C=O) groups is 1. The van der Waals surface area contributed by atoms with Gasteiger partial charge in [-0.3, -0.25) is 4.79 Å². The first-order chi connectivity index (χ1) is 14.8. The molecule has 1 amide bonds. The van der Waals surface area contributed by atoms with E-state index in [2.05, 4.69) is 10.1 Å². The highest BCUT2D eigenvalue weighted by molar-refractivity contribution is 7.92. The number of amides is 1. The van der Waals surface area contributed by atoms with Crippen LogP contribution in [0.1, 0.15) is 36.0 Å². The molecule has 1 aliphatic carbocycles. The topological polar surface area (TPSA) is 72.5 Å². The van der Waals surface area contributed by atoms with Crippen molar-refractivity contribution in [1.29, 1.82) is 0 Å². The second kappa shape index (κ2) is 8.86. The van der Waals surface area contributed by atoms with Crippen molar-refractivity contribution < 1.29 is 39.9 Å². The zero-order valence-corrected chi connectivity index (χ0v) is 17.8. The van der Waals surface area contributed by atoms with E-state index in [4.69, 9.17) is 11.6 Å². The first-order valence-electron chi connectivity index (χ1n) is 9.36.